The third-order valence-corrected chi connectivity index (χ3v) is 5.02. The summed E-state index contributed by atoms with van der Waals surface area (Å²) in [5.74, 6) is 0.515. The first kappa shape index (κ1) is 10.1. The molecule has 7 heteroatoms. The standard InChI is InChI=1S/C5H8N2O2S2.ClH/c6-5-7-3-1-11(8,9)2-4(3)10-5;/h3-4H,1-2H2,(H2,6,7);1H/t3-,4+;/m1./s1. The summed E-state index contributed by atoms with van der Waals surface area (Å²) >= 11 is 1.44. The number of halogens is 1. The van der Waals surface area contributed by atoms with Gasteiger partial charge in [0.05, 0.1) is 16.8 Å². The van der Waals surface area contributed by atoms with Gasteiger partial charge in [-0.3, -0.25) is 10.7 Å². The van der Waals surface area contributed by atoms with Gasteiger partial charge in [0.15, 0.2) is 9.84 Å². The van der Waals surface area contributed by atoms with Crippen LogP contribution in [-0.4, -0.2) is 36.4 Å². The van der Waals surface area contributed by atoms with Gasteiger partial charge in [-0.1, -0.05) is 0 Å². The predicted molar refractivity (Wildman–Crippen MR) is 44.0 cm³/mol. The number of sulfone groups is 1. The summed E-state index contributed by atoms with van der Waals surface area (Å²) in [4.78, 5) is 2.95. The fourth-order valence-electron chi connectivity index (χ4n) is 1.45. The average molecular weight is 229 g/mol. The van der Waals surface area contributed by atoms with Crippen molar-refractivity contribution in [3.05, 3.63) is 0 Å². The Bertz CT molecular complexity index is 313. The van der Waals surface area contributed by atoms with E-state index in [1.165, 1.54) is 11.8 Å². The maximum Gasteiger partial charge on any atom is 0.302 e. The smallest absolute Gasteiger partial charge is 0.302 e. The highest BCUT2D eigenvalue weighted by atomic mass is 35.5. The molecule has 0 aromatic carbocycles. The van der Waals surface area contributed by atoms with Crippen LogP contribution >= 0.6 is 11.8 Å². The lowest BCUT2D eigenvalue weighted by Crippen LogP contribution is -3.00. The molecular weight excluding hydrogens is 220 g/mol. The van der Waals surface area contributed by atoms with Gasteiger partial charge in [0.25, 0.3) is 0 Å². The van der Waals surface area contributed by atoms with Gasteiger partial charge in [-0.2, -0.15) is 0 Å². The number of rotatable bonds is 0. The van der Waals surface area contributed by atoms with Crippen molar-refractivity contribution in [3.8, 4) is 0 Å². The minimum absolute atomic E-state index is 0. The monoisotopic (exact) mass is 228 g/mol. The Kier molecular flexibility index (Phi) is 2.60. The molecule has 0 aliphatic carbocycles. The Labute approximate surface area is 81.3 Å². The molecule has 2 aliphatic rings. The summed E-state index contributed by atoms with van der Waals surface area (Å²) in [6.45, 7) is 0. The highest BCUT2D eigenvalue weighted by Gasteiger charge is 2.44. The Morgan fingerprint density at radius 3 is 2.75 bits per heavy atom. The second-order valence-electron chi connectivity index (χ2n) is 2.85. The van der Waals surface area contributed by atoms with Crippen LogP contribution in [0, 0.1) is 0 Å². The van der Waals surface area contributed by atoms with Crippen molar-refractivity contribution in [2.75, 3.05) is 11.5 Å². The number of fused-ring (bicyclic) bond motifs is 1. The van der Waals surface area contributed by atoms with E-state index in [0.717, 1.165) is 0 Å². The molecule has 70 valence electrons. The molecule has 4 nitrogen and oxygen atoms in total. The van der Waals surface area contributed by atoms with Gasteiger partial charge in [0.2, 0.25) is 0 Å². The molecule has 1 fully saturated rings. The summed E-state index contributed by atoms with van der Waals surface area (Å²) in [6.07, 6.45) is 0. The van der Waals surface area contributed by atoms with E-state index in [2.05, 4.69) is 4.99 Å². The summed E-state index contributed by atoms with van der Waals surface area (Å²) in [5.41, 5.74) is 5.49. The van der Waals surface area contributed by atoms with Crippen molar-refractivity contribution >= 4 is 26.8 Å². The maximum atomic E-state index is 11.0. The number of thioether (sulfide) groups is 1. The van der Waals surface area contributed by atoms with Gasteiger partial charge >= 0.3 is 5.17 Å². The normalized spacial score (nSPS) is 36.8. The molecule has 0 aromatic heterocycles. The van der Waals surface area contributed by atoms with Crippen LogP contribution in [-0.2, 0) is 9.84 Å². The Morgan fingerprint density at radius 2 is 2.17 bits per heavy atom. The largest absolute Gasteiger partial charge is 1.00 e. The van der Waals surface area contributed by atoms with E-state index in [4.69, 9.17) is 5.73 Å². The van der Waals surface area contributed by atoms with Gasteiger partial charge < -0.3 is 12.4 Å². The molecule has 0 amide bonds. The van der Waals surface area contributed by atoms with Crippen molar-refractivity contribution in [2.24, 2.45) is 5.73 Å². The van der Waals surface area contributed by atoms with Gasteiger partial charge in [0.1, 0.15) is 6.04 Å². The average Bonchev–Trinajstić information content (AvgIpc) is 2.17. The minimum atomic E-state index is -2.78. The lowest BCUT2D eigenvalue weighted by Gasteiger charge is -1.96. The summed E-state index contributed by atoms with van der Waals surface area (Å²) in [7, 11) is -2.78. The quantitative estimate of drug-likeness (QED) is 0.434. The summed E-state index contributed by atoms with van der Waals surface area (Å²) in [6, 6.07) is 0.0602. The first-order chi connectivity index (χ1) is 5.07. The molecule has 1 saturated heterocycles. The van der Waals surface area contributed by atoms with Crippen LogP contribution in [0.4, 0.5) is 0 Å². The Balaban J connectivity index is 0.000000720. The molecule has 0 unspecified atom stereocenters. The van der Waals surface area contributed by atoms with Crippen LogP contribution in [0.5, 0.6) is 0 Å². The zero-order valence-corrected chi connectivity index (χ0v) is 8.55. The molecule has 0 saturated carbocycles. The maximum absolute atomic E-state index is 11.0. The number of nitrogens with one attached hydrogen (secondary N) is 1. The van der Waals surface area contributed by atoms with Crippen molar-refractivity contribution in [2.45, 2.75) is 11.3 Å². The molecule has 0 aromatic rings. The zero-order valence-electron chi connectivity index (χ0n) is 6.16. The van der Waals surface area contributed by atoms with Gasteiger partial charge in [0, 0.05) is 0 Å². The Morgan fingerprint density at radius 1 is 1.50 bits per heavy atom. The van der Waals surface area contributed by atoms with E-state index in [-0.39, 0.29) is 35.2 Å². The first-order valence-corrected chi connectivity index (χ1v) is 6.03. The molecule has 2 atom stereocenters. The predicted octanol–water partition coefficient (Wildman–Crippen LogP) is -5.70. The third-order valence-electron chi connectivity index (χ3n) is 1.91. The van der Waals surface area contributed by atoms with E-state index in [1.807, 2.05) is 0 Å². The van der Waals surface area contributed by atoms with Crippen LogP contribution in [0.25, 0.3) is 0 Å². The van der Waals surface area contributed by atoms with Gasteiger partial charge in [-0.05, 0) is 11.8 Å². The van der Waals surface area contributed by atoms with Crippen LogP contribution in [0.2, 0.25) is 0 Å². The van der Waals surface area contributed by atoms with Gasteiger partial charge in [-0.15, -0.1) is 0 Å². The fraction of sp³-hybridized carbons (Fsp3) is 0.800. The minimum Gasteiger partial charge on any atom is -1.00 e. The number of nitrogens with two attached hydrogens (primary N) is 1. The fourth-order valence-corrected chi connectivity index (χ4v) is 5.07. The van der Waals surface area contributed by atoms with E-state index in [0.29, 0.717) is 5.17 Å². The highest BCUT2D eigenvalue weighted by Crippen LogP contribution is 2.24. The molecule has 0 radical (unpaired) electrons. The molecule has 3 N–H and O–H groups in total. The van der Waals surface area contributed by atoms with E-state index < -0.39 is 9.84 Å². The number of hydrogen-bond donors (Lipinski definition) is 2. The van der Waals surface area contributed by atoms with Crippen molar-refractivity contribution < 1.29 is 25.8 Å². The molecular formula is C5H9ClN2O2S2. The van der Waals surface area contributed by atoms with Gasteiger partial charge in [-0.25, -0.2) is 8.42 Å². The second-order valence-corrected chi connectivity index (χ2v) is 6.28. The summed E-state index contributed by atoms with van der Waals surface area (Å²) < 4.78 is 22.1. The molecule has 0 spiro atoms. The van der Waals surface area contributed by atoms with Crippen LogP contribution in [0.15, 0.2) is 0 Å². The van der Waals surface area contributed by atoms with Crippen LogP contribution in [0.1, 0.15) is 0 Å². The molecule has 2 heterocycles. The number of amidine groups is 1. The number of hydrogen-bond acceptors (Lipinski definition) is 4. The van der Waals surface area contributed by atoms with Crippen molar-refractivity contribution in [3.63, 3.8) is 0 Å². The zero-order chi connectivity index (χ0) is 8.06. The lowest BCUT2D eigenvalue weighted by atomic mass is 10.3. The SMILES string of the molecule is NC1=[NH+][C@@H]2CS(=O)(=O)C[C@@H]2S1.[Cl-]. The van der Waals surface area contributed by atoms with Crippen molar-refractivity contribution in [1.29, 1.82) is 0 Å². The third kappa shape index (κ3) is 1.70. The topological polar surface area (TPSA) is 74.1 Å². The first-order valence-electron chi connectivity index (χ1n) is 3.33. The van der Waals surface area contributed by atoms with E-state index >= 15 is 0 Å². The molecule has 12 heavy (non-hydrogen) atoms. The van der Waals surface area contributed by atoms with Crippen LogP contribution in [0.3, 0.4) is 0 Å². The second kappa shape index (κ2) is 3.08. The van der Waals surface area contributed by atoms with Crippen LogP contribution < -0.4 is 23.1 Å². The lowest BCUT2D eigenvalue weighted by molar-refractivity contribution is -0.487. The molecule has 2 rings (SSSR count). The molecule has 2 aliphatic heterocycles. The Hall–Kier alpha value is 0.0600. The van der Waals surface area contributed by atoms with E-state index in [1.54, 1.807) is 0 Å². The molecule has 0 bridgehead atoms. The highest BCUT2D eigenvalue weighted by molar-refractivity contribution is 8.15. The van der Waals surface area contributed by atoms with Crippen molar-refractivity contribution in [1.82, 2.24) is 0 Å². The summed E-state index contributed by atoms with van der Waals surface area (Å²) in [5, 5.41) is 0.815. The van der Waals surface area contributed by atoms with E-state index in [9.17, 15) is 8.42 Å².